The third-order valence-electron chi connectivity index (χ3n) is 3.24. The van der Waals surface area contributed by atoms with Gasteiger partial charge in [0.15, 0.2) is 5.96 Å². The summed E-state index contributed by atoms with van der Waals surface area (Å²) in [6.45, 7) is 2.74. The van der Waals surface area contributed by atoms with Crippen molar-refractivity contribution < 1.29 is 0 Å². The number of nitrogens with one attached hydrogen (secondary N) is 2. The number of hydrogen-bond donors (Lipinski definition) is 2. The van der Waals surface area contributed by atoms with E-state index in [1.54, 1.807) is 0 Å². The molecule has 23 heavy (non-hydrogen) atoms. The first-order valence-corrected chi connectivity index (χ1v) is 9.21. The van der Waals surface area contributed by atoms with Crippen LogP contribution < -0.4 is 10.6 Å². The smallest absolute Gasteiger partial charge is 0.191 e. The maximum Gasteiger partial charge on any atom is 0.191 e. The summed E-state index contributed by atoms with van der Waals surface area (Å²) in [5.74, 6) is 2.11. The Morgan fingerprint density at radius 2 is 1.91 bits per heavy atom. The minimum atomic E-state index is 0. The molecule has 0 spiro atoms. The molecule has 0 amide bonds. The van der Waals surface area contributed by atoms with Crippen LogP contribution in [0.15, 0.2) is 29.3 Å². The van der Waals surface area contributed by atoms with E-state index in [1.807, 2.05) is 18.8 Å². The molecular formula is C17H31IN4S. The van der Waals surface area contributed by atoms with E-state index in [-0.39, 0.29) is 24.0 Å². The third kappa shape index (κ3) is 10.8. The molecule has 0 fully saturated rings. The van der Waals surface area contributed by atoms with Gasteiger partial charge < -0.3 is 15.5 Å². The predicted molar refractivity (Wildman–Crippen MR) is 115 cm³/mol. The number of hydrogen-bond acceptors (Lipinski definition) is 3. The summed E-state index contributed by atoms with van der Waals surface area (Å²) in [6.07, 6.45) is 4.58. The molecule has 1 aromatic rings. The predicted octanol–water partition coefficient (Wildman–Crippen LogP) is 3.17. The van der Waals surface area contributed by atoms with Crippen LogP contribution in [0.4, 0.5) is 0 Å². The van der Waals surface area contributed by atoms with E-state index in [0.29, 0.717) is 0 Å². The van der Waals surface area contributed by atoms with Gasteiger partial charge in [0.25, 0.3) is 0 Å². The minimum absolute atomic E-state index is 0. The Morgan fingerprint density at radius 3 is 2.57 bits per heavy atom. The summed E-state index contributed by atoms with van der Waals surface area (Å²) in [5, 5.41) is 6.74. The van der Waals surface area contributed by atoms with Crippen molar-refractivity contribution in [1.82, 2.24) is 15.5 Å². The molecule has 0 aliphatic rings. The molecule has 0 bridgehead atoms. The largest absolute Gasteiger partial charge is 0.356 e. The molecule has 0 saturated heterocycles. The van der Waals surface area contributed by atoms with Crippen molar-refractivity contribution in [3.8, 4) is 0 Å². The number of thioether (sulfide) groups is 1. The zero-order valence-corrected chi connectivity index (χ0v) is 17.9. The Kier molecular flexibility index (Phi) is 13.6. The van der Waals surface area contributed by atoms with Crippen molar-refractivity contribution in [1.29, 1.82) is 0 Å². The van der Waals surface area contributed by atoms with Gasteiger partial charge in [0.05, 0.1) is 0 Å². The first-order chi connectivity index (χ1) is 10.7. The van der Waals surface area contributed by atoms with Gasteiger partial charge in [-0.1, -0.05) is 24.3 Å². The van der Waals surface area contributed by atoms with E-state index >= 15 is 0 Å². The Balaban J connectivity index is 0.00000484. The Bertz CT molecular complexity index is 452. The van der Waals surface area contributed by atoms with Crippen LogP contribution in [0.1, 0.15) is 24.0 Å². The van der Waals surface area contributed by atoms with Crippen LogP contribution in [-0.4, -0.2) is 50.6 Å². The zero-order valence-electron chi connectivity index (χ0n) is 14.8. The Hall–Kier alpha value is -0.470. The molecule has 2 N–H and O–H groups in total. The summed E-state index contributed by atoms with van der Waals surface area (Å²) < 4.78 is 0. The van der Waals surface area contributed by atoms with Crippen molar-refractivity contribution in [3.05, 3.63) is 35.4 Å². The molecule has 6 heteroatoms. The van der Waals surface area contributed by atoms with Gasteiger partial charge in [-0.25, -0.2) is 0 Å². The summed E-state index contributed by atoms with van der Waals surface area (Å²) in [7, 11) is 6.00. The fraction of sp³-hybridized carbons (Fsp3) is 0.588. The first-order valence-electron chi connectivity index (χ1n) is 7.81. The first kappa shape index (κ1) is 22.5. The molecule has 1 rings (SSSR count). The fourth-order valence-electron chi connectivity index (χ4n) is 2.19. The summed E-state index contributed by atoms with van der Waals surface area (Å²) in [5.41, 5.74) is 2.62. The van der Waals surface area contributed by atoms with Crippen molar-refractivity contribution in [2.75, 3.05) is 39.7 Å². The van der Waals surface area contributed by atoms with Crippen molar-refractivity contribution in [3.63, 3.8) is 0 Å². The standard InChI is InChI=1S/C17H30N4S.HI/c1-18-17(19-10-5-6-11-22-4)20-13-15-8-7-9-16(12-15)14-21(2)3;/h7-9,12H,5-6,10-11,13-14H2,1-4H3,(H2,18,19,20);1H. The maximum absolute atomic E-state index is 4.27. The quantitative estimate of drug-likeness (QED) is 0.263. The topological polar surface area (TPSA) is 39.7 Å². The second-order valence-corrected chi connectivity index (χ2v) is 6.60. The highest BCUT2D eigenvalue weighted by atomic mass is 127. The molecule has 0 heterocycles. The number of rotatable bonds is 9. The summed E-state index contributed by atoms with van der Waals surface area (Å²) in [6, 6.07) is 8.69. The number of aliphatic imine (C=N–C) groups is 1. The average Bonchev–Trinajstić information content (AvgIpc) is 2.50. The Morgan fingerprint density at radius 1 is 1.17 bits per heavy atom. The van der Waals surface area contributed by atoms with Crippen molar-refractivity contribution in [2.24, 2.45) is 4.99 Å². The highest BCUT2D eigenvalue weighted by Gasteiger charge is 2.00. The van der Waals surface area contributed by atoms with Crippen LogP contribution in [-0.2, 0) is 13.1 Å². The van der Waals surface area contributed by atoms with E-state index in [0.717, 1.165) is 25.6 Å². The van der Waals surface area contributed by atoms with Crippen LogP contribution in [0.3, 0.4) is 0 Å². The lowest BCUT2D eigenvalue weighted by Crippen LogP contribution is -2.37. The van der Waals surface area contributed by atoms with Gasteiger partial charge in [0, 0.05) is 26.7 Å². The molecule has 0 aromatic heterocycles. The number of guanidine groups is 1. The lowest BCUT2D eigenvalue weighted by molar-refractivity contribution is 0.402. The molecule has 0 atom stereocenters. The summed E-state index contributed by atoms with van der Waals surface area (Å²) >= 11 is 1.90. The molecule has 0 aliphatic heterocycles. The van der Waals surface area contributed by atoms with Gasteiger partial charge >= 0.3 is 0 Å². The molecule has 4 nitrogen and oxygen atoms in total. The van der Waals surface area contributed by atoms with Gasteiger partial charge in [0.2, 0.25) is 0 Å². The fourth-order valence-corrected chi connectivity index (χ4v) is 2.68. The van der Waals surface area contributed by atoms with Gasteiger partial charge in [-0.15, -0.1) is 24.0 Å². The van der Waals surface area contributed by atoms with E-state index < -0.39 is 0 Å². The normalized spacial score (nSPS) is 11.3. The van der Waals surface area contributed by atoms with E-state index in [1.165, 1.54) is 29.7 Å². The molecular weight excluding hydrogens is 419 g/mol. The van der Waals surface area contributed by atoms with Gasteiger partial charge in [0.1, 0.15) is 0 Å². The number of benzene rings is 1. The van der Waals surface area contributed by atoms with Crippen LogP contribution in [0.2, 0.25) is 0 Å². The molecule has 132 valence electrons. The molecule has 0 radical (unpaired) electrons. The van der Waals surface area contributed by atoms with E-state index in [9.17, 15) is 0 Å². The number of unbranched alkanes of at least 4 members (excludes halogenated alkanes) is 1. The number of halogens is 1. The van der Waals surface area contributed by atoms with Crippen molar-refractivity contribution >= 4 is 41.7 Å². The monoisotopic (exact) mass is 450 g/mol. The molecule has 0 aliphatic carbocycles. The van der Waals surface area contributed by atoms with Crippen molar-refractivity contribution in [2.45, 2.75) is 25.9 Å². The van der Waals surface area contributed by atoms with E-state index in [2.05, 4.69) is 65.1 Å². The zero-order chi connectivity index (χ0) is 16.2. The number of nitrogens with zero attached hydrogens (tertiary/aromatic N) is 2. The van der Waals surface area contributed by atoms with Gasteiger partial charge in [-0.2, -0.15) is 11.8 Å². The molecule has 1 aromatic carbocycles. The lowest BCUT2D eigenvalue weighted by Gasteiger charge is -2.13. The van der Waals surface area contributed by atoms with E-state index in [4.69, 9.17) is 0 Å². The lowest BCUT2D eigenvalue weighted by atomic mass is 10.1. The second-order valence-electron chi connectivity index (χ2n) is 5.61. The molecule has 0 unspecified atom stereocenters. The van der Waals surface area contributed by atoms with Crippen LogP contribution in [0.5, 0.6) is 0 Å². The Labute approximate surface area is 162 Å². The average molecular weight is 450 g/mol. The highest BCUT2D eigenvalue weighted by molar-refractivity contribution is 14.0. The minimum Gasteiger partial charge on any atom is -0.356 e. The van der Waals surface area contributed by atoms with Crippen LogP contribution >= 0.6 is 35.7 Å². The maximum atomic E-state index is 4.27. The SMILES string of the molecule is CN=C(NCCCCSC)NCc1cccc(CN(C)C)c1.I. The van der Waals surface area contributed by atoms with Crippen LogP contribution in [0.25, 0.3) is 0 Å². The highest BCUT2D eigenvalue weighted by Crippen LogP contribution is 2.06. The summed E-state index contributed by atoms with van der Waals surface area (Å²) in [4.78, 5) is 6.45. The van der Waals surface area contributed by atoms with Gasteiger partial charge in [-0.3, -0.25) is 4.99 Å². The van der Waals surface area contributed by atoms with Gasteiger partial charge in [-0.05, 0) is 50.1 Å². The van der Waals surface area contributed by atoms with Crippen LogP contribution in [0, 0.1) is 0 Å². The second kappa shape index (κ2) is 13.9. The third-order valence-corrected chi connectivity index (χ3v) is 3.94. The molecule has 0 saturated carbocycles.